The Morgan fingerprint density at radius 1 is 0.500 bits per heavy atom. The summed E-state index contributed by atoms with van der Waals surface area (Å²) in [5.41, 5.74) is 8.33. The van der Waals surface area contributed by atoms with Gasteiger partial charge in [0.05, 0.1) is 0 Å². The summed E-state index contributed by atoms with van der Waals surface area (Å²) >= 11 is 0. The van der Waals surface area contributed by atoms with E-state index in [1.54, 1.807) is 0 Å². The zero-order valence-corrected chi connectivity index (χ0v) is 16.5. The third kappa shape index (κ3) is 4.03. The van der Waals surface area contributed by atoms with Gasteiger partial charge in [0.1, 0.15) is 0 Å². The van der Waals surface area contributed by atoms with Crippen molar-refractivity contribution in [2.24, 2.45) is 0 Å². The van der Waals surface area contributed by atoms with Gasteiger partial charge in [0.25, 0.3) is 0 Å². The van der Waals surface area contributed by atoms with Crippen LogP contribution in [0.15, 0.2) is 109 Å². The molecule has 4 aromatic carbocycles. The molecule has 0 aliphatic heterocycles. The number of hydrogen-bond donors (Lipinski definition) is 0. The molecule has 0 atom stereocenters. The molecule has 0 aliphatic rings. The van der Waals surface area contributed by atoms with E-state index < -0.39 is 0 Å². The fraction of sp³-hybridized carbons (Fsp3) is 0. The standard InChI is InChI=1S/C30H19/c1-3-23-15-19-27(20-16-23)29(25-11-7-5-8-12-25)30(26-13-9-6-10-14-26)28-21-17-24(4-2)18-22-28/h1,5-22H/q+1. The molecule has 138 valence electrons. The molecule has 0 fully saturated rings. The molecule has 0 heteroatoms. The molecule has 0 saturated carbocycles. The molecule has 0 radical (unpaired) electrons. The van der Waals surface area contributed by atoms with Crippen LogP contribution in [0.2, 0.25) is 0 Å². The van der Waals surface area contributed by atoms with Crippen LogP contribution in [0.4, 0.5) is 0 Å². The van der Waals surface area contributed by atoms with E-state index in [1.165, 1.54) is 0 Å². The van der Waals surface area contributed by atoms with Crippen molar-refractivity contribution in [3.8, 4) is 18.3 Å². The topological polar surface area (TPSA) is 0 Å². The molecule has 0 heterocycles. The maximum atomic E-state index is 7.40. The van der Waals surface area contributed by atoms with Gasteiger partial charge >= 0.3 is 172 Å². The van der Waals surface area contributed by atoms with E-state index in [0.29, 0.717) is 0 Å². The van der Waals surface area contributed by atoms with Crippen LogP contribution < -0.4 is 0 Å². The molecule has 4 rings (SSSR count). The summed E-state index contributed by atoms with van der Waals surface area (Å²) in [6, 6.07) is 36.9. The molecule has 0 aliphatic carbocycles. The Morgan fingerprint density at radius 3 is 1.23 bits per heavy atom. The number of hydrogen-bond acceptors (Lipinski definition) is 0. The summed E-state index contributed by atoms with van der Waals surface area (Å²) in [6.07, 6.45) is 13.0. The van der Waals surface area contributed by atoms with E-state index in [4.69, 9.17) is 12.8 Å². The van der Waals surface area contributed by atoms with Gasteiger partial charge < -0.3 is 0 Å². The van der Waals surface area contributed by atoms with Crippen molar-refractivity contribution in [3.05, 3.63) is 149 Å². The Kier molecular flexibility index (Phi) is 5.77. The van der Waals surface area contributed by atoms with Crippen LogP contribution in [0, 0.1) is 24.7 Å². The van der Waals surface area contributed by atoms with Crippen molar-refractivity contribution in [1.82, 2.24) is 0 Å². The summed E-state index contributed by atoms with van der Waals surface area (Å²) in [4.78, 5) is 0. The van der Waals surface area contributed by atoms with Gasteiger partial charge in [-0.3, -0.25) is 0 Å². The quantitative estimate of drug-likeness (QED) is 0.212. The zero-order valence-electron chi connectivity index (χ0n) is 16.5. The van der Waals surface area contributed by atoms with Gasteiger partial charge in [0.15, 0.2) is 0 Å². The van der Waals surface area contributed by atoms with E-state index in [-0.39, 0.29) is 0 Å². The van der Waals surface area contributed by atoms with Crippen LogP contribution >= 0.6 is 0 Å². The minimum absolute atomic E-state index is 0.755. The molecule has 0 amide bonds. The fourth-order valence-corrected chi connectivity index (χ4v) is 3.57. The first kappa shape index (κ1) is 19.3. The number of terminal acetylenes is 1. The molecule has 0 saturated heterocycles. The molecule has 0 unspecified atom stereocenters. The second kappa shape index (κ2) is 8.97. The van der Waals surface area contributed by atoms with E-state index in [9.17, 15) is 0 Å². The van der Waals surface area contributed by atoms with Crippen molar-refractivity contribution >= 4 is 11.1 Å². The van der Waals surface area contributed by atoms with Gasteiger partial charge in [0.2, 0.25) is 0 Å². The molecule has 0 spiro atoms. The molecule has 4 aromatic rings. The Balaban J connectivity index is 2.06. The average molecular weight is 379 g/mol. The first-order valence-corrected chi connectivity index (χ1v) is 9.75. The van der Waals surface area contributed by atoms with Gasteiger partial charge in [-0.15, -0.1) is 6.42 Å². The third-order valence-electron chi connectivity index (χ3n) is 5.03. The zero-order chi connectivity index (χ0) is 20.8. The molecule has 0 nitrogen and oxygen atoms in total. The van der Waals surface area contributed by atoms with Crippen LogP contribution in [-0.2, 0) is 0 Å². The first-order chi connectivity index (χ1) is 14.8. The van der Waals surface area contributed by atoms with E-state index >= 15 is 0 Å². The first-order valence-electron chi connectivity index (χ1n) is 9.75. The number of rotatable bonds is 4. The summed E-state index contributed by atoms with van der Waals surface area (Å²) in [6.45, 7) is 0. The predicted octanol–water partition coefficient (Wildman–Crippen LogP) is 6.61. The van der Waals surface area contributed by atoms with Crippen LogP contribution in [0.3, 0.4) is 0 Å². The SMILES string of the molecule is [C+]#Cc1ccc(C(=C(c2ccccc2)c2ccc(C#C)cc2)c2ccccc2)cc1. The Hall–Kier alpha value is -4.04. The third-order valence-corrected chi connectivity index (χ3v) is 5.03. The summed E-state index contributed by atoms with van der Waals surface area (Å²) in [5.74, 6) is 5.15. The Labute approximate surface area is 178 Å². The van der Waals surface area contributed by atoms with Gasteiger partial charge in [-0.25, -0.2) is 0 Å². The van der Waals surface area contributed by atoms with Gasteiger partial charge in [-0.2, -0.15) is 0 Å². The summed E-state index contributed by atoms with van der Waals surface area (Å²) < 4.78 is 0. The van der Waals surface area contributed by atoms with E-state index in [1.807, 2.05) is 36.4 Å². The van der Waals surface area contributed by atoms with E-state index in [0.717, 1.165) is 44.5 Å². The van der Waals surface area contributed by atoms with Crippen molar-refractivity contribution < 1.29 is 0 Å². The Morgan fingerprint density at radius 2 is 0.867 bits per heavy atom. The van der Waals surface area contributed by atoms with Gasteiger partial charge in [0, 0.05) is 0 Å². The van der Waals surface area contributed by atoms with Crippen molar-refractivity contribution in [2.45, 2.75) is 0 Å². The van der Waals surface area contributed by atoms with Crippen molar-refractivity contribution in [2.75, 3.05) is 0 Å². The molecule has 0 N–H and O–H groups in total. The molecule has 0 aromatic heterocycles. The van der Waals surface area contributed by atoms with Gasteiger partial charge in [-0.1, -0.05) is 0 Å². The van der Waals surface area contributed by atoms with Crippen molar-refractivity contribution in [3.63, 3.8) is 0 Å². The van der Waals surface area contributed by atoms with Crippen LogP contribution in [-0.4, -0.2) is 0 Å². The van der Waals surface area contributed by atoms with Crippen LogP contribution in [0.1, 0.15) is 33.4 Å². The molecule has 30 heavy (non-hydrogen) atoms. The fourth-order valence-electron chi connectivity index (χ4n) is 3.57. The molecule has 0 bridgehead atoms. The number of benzene rings is 4. The normalized spacial score (nSPS) is 11.2. The average Bonchev–Trinajstić information content (AvgIpc) is 2.84. The Bertz CT molecular complexity index is 1140. The molecular weight excluding hydrogens is 360 g/mol. The van der Waals surface area contributed by atoms with Crippen LogP contribution in [0.5, 0.6) is 0 Å². The predicted molar refractivity (Wildman–Crippen MR) is 125 cm³/mol. The second-order valence-electron chi connectivity index (χ2n) is 6.91. The monoisotopic (exact) mass is 379 g/mol. The summed E-state index contributed by atoms with van der Waals surface area (Å²) in [5, 5.41) is 0. The maximum absolute atomic E-state index is 7.40. The summed E-state index contributed by atoms with van der Waals surface area (Å²) in [7, 11) is 0. The van der Waals surface area contributed by atoms with Gasteiger partial charge in [-0.05, 0) is 0 Å². The second-order valence-corrected chi connectivity index (χ2v) is 6.91. The van der Waals surface area contributed by atoms with Crippen LogP contribution in [0.25, 0.3) is 11.1 Å². The molecular formula is C30H19+. The van der Waals surface area contributed by atoms with Crippen molar-refractivity contribution in [1.29, 1.82) is 0 Å². The van der Waals surface area contributed by atoms with E-state index in [2.05, 4.69) is 84.6 Å². The minimum atomic E-state index is 0.755.